The van der Waals surface area contributed by atoms with Crippen LogP contribution in [0.3, 0.4) is 0 Å². The largest absolute Gasteiger partial charge is 1.00 e. The van der Waals surface area contributed by atoms with Gasteiger partial charge < -0.3 is 97.0 Å². The number of carbonyl (C=O) groups excluding carboxylic acids is 2. The summed E-state index contributed by atoms with van der Waals surface area (Å²) in [6.45, 7) is 14.6. The van der Waals surface area contributed by atoms with E-state index >= 15 is 0 Å². The molecule has 9 aliphatic rings. The van der Waals surface area contributed by atoms with Crippen molar-refractivity contribution >= 4 is 32.7 Å². The summed E-state index contributed by atoms with van der Waals surface area (Å²) in [5, 5.41) is 79.4. The number of carbonyl (C=O) groups is 2. The van der Waals surface area contributed by atoms with Gasteiger partial charge in [0.05, 0.1) is 56.1 Å². The van der Waals surface area contributed by atoms with Crippen molar-refractivity contribution in [3.63, 3.8) is 0 Å². The second-order valence-electron chi connectivity index (χ2n) is 26.5. The third-order valence-corrected chi connectivity index (χ3v) is 21.5. The van der Waals surface area contributed by atoms with E-state index in [1.54, 1.807) is 0 Å². The summed E-state index contributed by atoms with van der Waals surface area (Å²) in [4.78, 5) is 27.5. The summed E-state index contributed by atoms with van der Waals surface area (Å²) in [5.41, 5.74) is -1.10. The molecule has 5 heterocycles. The number of allylic oxidation sites excluding steroid dienone is 4. The Balaban J connectivity index is 0.00000552. The SMILES string of the molecule is CO[C@@H]1[C@@H](O)[C@H](O[C@@H]2[C@@H](O)[C@H](O[C@H]3[C@H](O)[C@@H](O)[C@H](O[C@H]4[C@H](O[C@H]5CC[C@]6(C)[C@@H]7CC[C@]89C(=O)O[C@@](C)(CCC=C(C)C)[C@H]8[C@@H](OC(C)=O)C[C@@]9(C)C7=CC[C@H]6C5(C)C)OC[C@@H](COS(=O)(=O)[O-])[C@@H]4O)O[C@@H]3C)OC[C@H]2O)O[C@H](COS(=O)(=O)[O-])[C@H]1O.[Na+].[Na+]. The first-order chi connectivity index (χ1) is 40.0. The summed E-state index contributed by atoms with van der Waals surface area (Å²) in [6.07, 6.45) is -21.0. The van der Waals surface area contributed by atoms with Crippen LogP contribution in [0.5, 0.6) is 0 Å². The molecule has 28 nitrogen and oxygen atoms in total. The third kappa shape index (κ3) is 14.3. The number of aliphatic hydroxyl groups is 7. The van der Waals surface area contributed by atoms with E-state index in [1.165, 1.54) is 19.4 Å². The first-order valence-corrected chi connectivity index (χ1v) is 32.1. The number of cyclic esters (lactones) is 1. The fourth-order valence-corrected chi connectivity index (χ4v) is 17.2. The molecule has 5 saturated heterocycles. The molecule has 9 rings (SSSR count). The zero-order valence-corrected chi connectivity index (χ0v) is 57.6. The van der Waals surface area contributed by atoms with Gasteiger partial charge in [0, 0.05) is 25.4 Å². The first kappa shape index (κ1) is 74.9. The summed E-state index contributed by atoms with van der Waals surface area (Å²) >= 11 is 0. The number of ether oxygens (including phenoxy) is 11. The van der Waals surface area contributed by atoms with Gasteiger partial charge in [0.15, 0.2) is 25.2 Å². The van der Waals surface area contributed by atoms with Crippen molar-refractivity contribution in [2.45, 2.75) is 236 Å². The van der Waals surface area contributed by atoms with E-state index in [1.807, 2.05) is 20.8 Å². The fourth-order valence-electron chi connectivity index (χ4n) is 16.6. The maximum atomic E-state index is 14.7. The Morgan fingerprint density at radius 1 is 0.727 bits per heavy atom. The minimum Gasteiger partial charge on any atom is -0.726 e. The Morgan fingerprint density at radius 3 is 1.98 bits per heavy atom. The van der Waals surface area contributed by atoms with Gasteiger partial charge in [0.25, 0.3) is 0 Å². The van der Waals surface area contributed by atoms with E-state index in [-0.39, 0.29) is 94.9 Å². The van der Waals surface area contributed by atoms with Gasteiger partial charge in [0.2, 0.25) is 20.8 Å². The molecule has 8 fully saturated rings. The van der Waals surface area contributed by atoms with Crippen LogP contribution in [-0.4, -0.2) is 229 Å². The number of esters is 2. The Kier molecular flexibility index (Phi) is 24.1. The van der Waals surface area contributed by atoms with Gasteiger partial charge >= 0.3 is 71.1 Å². The number of hydrogen-bond donors (Lipinski definition) is 7. The van der Waals surface area contributed by atoms with Gasteiger partial charge in [-0.25, -0.2) is 16.8 Å². The number of aliphatic hydroxyl groups excluding tert-OH is 7. The molecule has 0 aromatic carbocycles. The average molecular weight is 1320 g/mol. The number of methoxy groups -OCH3 is 1. The Hall–Kier alpha value is -0.480. The van der Waals surface area contributed by atoms with E-state index in [2.05, 4.69) is 48.2 Å². The van der Waals surface area contributed by atoms with Crippen molar-refractivity contribution in [2.24, 2.45) is 45.3 Å². The Morgan fingerprint density at radius 2 is 1.34 bits per heavy atom. The number of hydrogen-bond acceptors (Lipinski definition) is 28. The molecule has 4 aliphatic carbocycles. The molecular weight excluding hydrogens is 1230 g/mol. The molecule has 0 unspecified atom stereocenters. The monoisotopic (exact) mass is 1320 g/mol. The predicted octanol–water partition coefficient (Wildman–Crippen LogP) is -5.98. The van der Waals surface area contributed by atoms with Gasteiger partial charge in [-0.15, -0.1) is 0 Å². The maximum Gasteiger partial charge on any atom is 1.00 e. The van der Waals surface area contributed by atoms with Crippen LogP contribution >= 0.6 is 0 Å². The second-order valence-corrected chi connectivity index (χ2v) is 28.6. The Bertz CT molecular complexity index is 2760. The van der Waals surface area contributed by atoms with Crippen LogP contribution in [0.1, 0.15) is 114 Å². The van der Waals surface area contributed by atoms with E-state index < -0.39 is 191 Å². The zero-order valence-electron chi connectivity index (χ0n) is 51.9. The van der Waals surface area contributed by atoms with Crippen molar-refractivity contribution in [1.82, 2.24) is 0 Å². The van der Waals surface area contributed by atoms with Crippen LogP contribution in [0.15, 0.2) is 23.3 Å². The van der Waals surface area contributed by atoms with E-state index in [4.69, 9.17) is 52.1 Å². The summed E-state index contributed by atoms with van der Waals surface area (Å²) in [5.74, 6) is -2.23. The summed E-state index contributed by atoms with van der Waals surface area (Å²) in [7, 11) is -9.42. The van der Waals surface area contributed by atoms with Gasteiger partial charge in [-0.2, -0.15) is 0 Å². The molecule has 0 aromatic heterocycles. The van der Waals surface area contributed by atoms with Crippen LogP contribution in [0.25, 0.3) is 0 Å². The normalized spacial score (nSPS) is 46.5. The fraction of sp³-hybridized carbons (Fsp3) is 0.893. The van der Waals surface area contributed by atoms with Gasteiger partial charge in [-0.05, 0) is 102 Å². The topological polar surface area (TPSA) is 410 Å². The van der Waals surface area contributed by atoms with Crippen molar-refractivity contribution in [3.05, 3.63) is 23.3 Å². The molecule has 27 atom stereocenters. The van der Waals surface area contributed by atoms with Crippen LogP contribution in [0.4, 0.5) is 0 Å². The minimum absolute atomic E-state index is 0. The minimum atomic E-state index is -5.27. The van der Waals surface area contributed by atoms with Gasteiger partial charge in [0.1, 0.15) is 78.8 Å². The Labute approximate surface area is 557 Å². The summed E-state index contributed by atoms with van der Waals surface area (Å²) in [6, 6.07) is 0. The smallest absolute Gasteiger partial charge is 0.726 e. The van der Waals surface area contributed by atoms with Crippen molar-refractivity contribution < 1.29 is 191 Å². The average Bonchev–Trinajstić information content (AvgIpc) is 1.48. The standard InChI is InChI=1S/C56H88O28S2.2Na/c1-25(2)12-11-17-55(9)46-32(78-27(4)57)20-54(8)30-13-14-34-52(5,6)35(16-18-53(34,7)29(30)15-19-56(46,54)51(65)84-55)80-50-45(36(59)28(21-73-50)22-75-85(66,67)68)83-48-39(62)38(61)42(26(3)77-48)81-47-40(63)43(31(58)23-74-47)82-49-41(64)44(72-10)37(60)33(79-49)24-76-86(69,70)71;;/h12-13,26,28-29,31-50,58-64H,11,14-24H2,1-10H3,(H,66,67,68)(H,69,70,71);;/q;2*+1/p-2/t26-,28+,29-,31-,32+,33-,34+,35+,36+,37-,38-,39-,40-,41-,42-,43+,44+,45-,46-,47+,48+,49+,50+,53-,54+,55+,56-;;/m1../s1. The van der Waals surface area contributed by atoms with Gasteiger partial charge in [-0.1, -0.05) is 51.0 Å². The predicted molar refractivity (Wildman–Crippen MR) is 287 cm³/mol. The first-order valence-electron chi connectivity index (χ1n) is 29.4. The van der Waals surface area contributed by atoms with E-state index in [0.29, 0.717) is 51.4 Å². The van der Waals surface area contributed by atoms with Crippen molar-refractivity contribution in [1.29, 1.82) is 0 Å². The third-order valence-electron chi connectivity index (χ3n) is 20.7. The molecule has 7 N–H and O–H groups in total. The van der Waals surface area contributed by atoms with Crippen LogP contribution in [0, 0.1) is 45.3 Å². The molecule has 0 bridgehead atoms. The van der Waals surface area contributed by atoms with E-state index in [9.17, 15) is 71.3 Å². The van der Waals surface area contributed by atoms with Crippen LogP contribution < -0.4 is 59.1 Å². The molecule has 0 amide bonds. The van der Waals surface area contributed by atoms with E-state index in [0.717, 1.165) is 12.7 Å². The molecule has 0 aromatic rings. The number of rotatable bonds is 19. The maximum absolute atomic E-state index is 14.7. The molecule has 1 spiro atoms. The molecular formula is C56H86Na2O28S2. The zero-order chi connectivity index (χ0) is 63.2. The van der Waals surface area contributed by atoms with Crippen LogP contribution in [-0.2, 0) is 90.9 Å². The molecule has 5 aliphatic heterocycles. The van der Waals surface area contributed by atoms with Gasteiger partial charge in [-0.3, -0.25) is 18.0 Å². The molecule has 88 heavy (non-hydrogen) atoms. The quantitative estimate of drug-likeness (QED) is 0.0208. The second kappa shape index (κ2) is 28.3. The van der Waals surface area contributed by atoms with Crippen molar-refractivity contribution in [2.75, 3.05) is 33.5 Å². The molecule has 3 saturated carbocycles. The molecule has 0 radical (unpaired) electrons. The molecule has 32 heteroatoms. The van der Waals surface area contributed by atoms with Crippen molar-refractivity contribution in [3.8, 4) is 0 Å². The summed E-state index contributed by atoms with van der Waals surface area (Å²) < 4.78 is 143. The molecule has 492 valence electrons. The van der Waals surface area contributed by atoms with Crippen LogP contribution in [0.2, 0.25) is 0 Å². The number of fused-ring (bicyclic) bond motifs is 4.